The molecule has 3 aromatic rings. The van der Waals surface area contributed by atoms with Crippen LogP contribution in [-0.4, -0.2) is 4.98 Å². The number of pyridine rings is 1. The summed E-state index contributed by atoms with van der Waals surface area (Å²) in [5.41, 5.74) is 8.41. The molecule has 0 unspecified atom stereocenters. The van der Waals surface area contributed by atoms with E-state index in [1.807, 2.05) is 12.4 Å². The average Bonchev–Trinajstić information content (AvgIpc) is 2.65. The van der Waals surface area contributed by atoms with Gasteiger partial charge in [-0.05, 0) is 87.4 Å². The molecule has 1 aromatic heterocycles. The van der Waals surface area contributed by atoms with E-state index in [1.54, 1.807) is 0 Å². The molecule has 1 aliphatic carbocycles. The Morgan fingerprint density at radius 1 is 0.667 bits per heavy atom. The molecule has 0 atom stereocenters. The van der Waals surface area contributed by atoms with Crippen LogP contribution in [0.3, 0.4) is 0 Å². The molecule has 1 aliphatic rings. The summed E-state index contributed by atoms with van der Waals surface area (Å²) >= 11 is 3.71. The van der Waals surface area contributed by atoms with Crippen molar-refractivity contribution in [2.75, 3.05) is 0 Å². The zero-order valence-electron chi connectivity index (χ0n) is 16.5. The fraction of sp³-hybridized carbons (Fsp3) is 0.320. The van der Waals surface area contributed by atoms with Gasteiger partial charge >= 0.3 is 0 Å². The van der Waals surface area contributed by atoms with Gasteiger partial charge in [-0.2, -0.15) is 0 Å². The molecule has 0 bridgehead atoms. The molecule has 138 valence electrons. The van der Waals surface area contributed by atoms with E-state index in [-0.39, 0.29) is 10.8 Å². The maximum absolute atomic E-state index is 4.14. The van der Waals surface area contributed by atoms with Crippen molar-refractivity contribution in [2.24, 2.45) is 0 Å². The highest BCUT2D eigenvalue weighted by Crippen LogP contribution is 2.47. The Morgan fingerprint density at radius 2 is 1.26 bits per heavy atom. The lowest BCUT2D eigenvalue weighted by atomic mass is 9.63. The minimum atomic E-state index is 0.223. The Labute approximate surface area is 171 Å². The largest absolute Gasteiger partial charge is 0.265 e. The van der Waals surface area contributed by atoms with Crippen LogP contribution in [-0.2, 0) is 10.8 Å². The summed E-state index contributed by atoms with van der Waals surface area (Å²) in [6.07, 6.45) is 6.17. The quantitative estimate of drug-likeness (QED) is 0.418. The van der Waals surface area contributed by atoms with Crippen molar-refractivity contribution < 1.29 is 0 Å². The smallest absolute Gasteiger partial charge is 0.0273 e. The van der Waals surface area contributed by atoms with Gasteiger partial charge in [0.2, 0.25) is 0 Å². The first kappa shape index (κ1) is 18.4. The predicted octanol–water partition coefficient (Wildman–Crippen LogP) is 7.53. The number of rotatable bonds is 2. The van der Waals surface area contributed by atoms with Crippen molar-refractivity contribution in [1.29, 1.82) is 0 Å². The van der Waals surface area contributed by atoms with E-state index in [0.29, 0.717) is 0 Å². The maximum Gasteiger partial charge on any atom is 0.0273 e. The summed E-state index contributed by atoms with van der Waals surface area (Å²) < 4.78 is 1.10. The van der Waals surface area contributed by atoms with Gasteiger partial charge in [0.15, 0.2) is 0 Å². The van der Waals surface area contributed by atoms with Gasteiger partial charge in [-0.3, -0.25) is 4.98 Å². The monoisotopic (exact) mass is 419 g/mol. The second-order valence-electron chi connectivity index (χ2n) is 8.99. The summed E-state index contributed by atoms with van der Waals surface area (Å²) in [4.78, 5) is 4.14. The molecule has 0 aliphatic heterocycles. The Hall–Kier alpha value is -1.93. The van der Waals surface area contributed by atoms with Gasteiger partial charge in [0.1, 0.15) is 0 Å². The molecule has 1 nitrogen and oxygen atoms in total. The SMILES string of the molecule is CC1(C)CCC(C)(C)c2cc(-c3cc(Br)cc(-c4ccncc4)c3)ccc21. The molecular weight excluding hydrogens is 394 g/mol. The minimum absolute atomic E-state index is 0.223. The predicted molar refractivity (Wildman–Crippen MR) is 118 cm³/mol. The number of fused-ring (bicyclic) bond motifs is 1. The Kier molecular flexibility index (Phi) is 4.50. The summed E-state index contributed by atoms with van der Waals surface area (Å²) in [5.74, 6) is 0. The molecule has 0 radical (unpaired) electrons. The van der Waals surface area contributed by atoms with Crippen LogP contribution in [0.5, 0.6) is 0 Å². The summed E-state index contributed by atoms with van der Waals surface area (Å²) in [5, 5.41) is 0. The van der Waals surface area contributed by atoms with Gasteiger partial charge in [0.25, 0.3) is 0 Å². The van der Waals surface area contributed by atoms with Gasteiger partial charge in [0.05, 0.1) is 0 Å². The standard InChI is InChI=1S/C25H26BrN/c1-24(2)9-10-25(3,4)23-16-18(5-6-22(23)24)20-13-19(14-21(26)15-20)17-7-11-27-12-8-17/h5-8,11-16H,9-10H2,1-4H3. The van der Waals surface area contributed by atoms with Gasteiger partial charge in [0, 0.05) is 16.9 Å². The topological polar surface area (TPSA) is 12.9 Å². The van der Waals surface area contributed by atoms with Gasteiger partial charge in [-0.15, -0.1) is 0 Å². The summed E-state index contributed by atoms with van der Waals surface area (Å²) in [6, 6.07) is 17.9. The molecule has 2 aromatic carbocycles. The number of benzene rings is 2. The Bertz CT molecular complexity index is 986. The van der Waals surface area contributed by atoms with E-state index >= 15 is 0 Å². The average molecular weight is 420 g/mol. The fourth-order valence-corrected chi connectivity index (χ4v) is 4.73. The van der Waals surface area contributed by atoms with Crippen LogP contribution in [0.25, 0.3) is 22.3 Å². The molecule has 0 fully saturated rings. The van der Waals surface area contributed by atoms with Crippen LogP contribution in [0.15, 0.2) is 65.4 Å². The molecule has 27 heavy (non-hydrogen) atoms. The highest BCUT2D eigenvalue weighted by Gasteiger charge is 2.36. The number of hydrogen-bond donors (Lipinski definition) is 0. The first-order valence-electron chi connectivity index (χ1n) is 9.63. The van der Waals surface area contributed by atoms with Crippen LogP contribution in [0.1, 0.15) is 51.7 Å². The number of nitrogens with zero attached hydrogens (tertiary/aromatic N) is 1. The van der Waals surface area contributed by atoms with E-state index in [0.717, 1.165) is 4.47 Å². The summed E-state index contributed by atoms with van der Waals surface area (Å²) in [6.45, 7) is 9.52. The molecule has 0 saturated heterocycles. The van der Waals surface area contributed by atoms with Gasteiger partial charge in [-0.1, -0.05) is 61.8 Å². The number of aromatic nitrogens is 1. The molecule has 0 saturated carbocycles. The van der Waals surface area contributed by atoms with Gasteiger partial charge in [-0.25, -0.2) is 0 Å². The van der Waals surface area contributed by atoms with E-state index in [1.165, 1.54) is 46.2 Å². The Balaban J connectivity index is 1.85. The zero-order valence-corrected chi connectivity index (χ0v) is 18.1. The van der Waals surface area contributed by atoms with E-state index in [2.05, 4.69) is 97.1 Å². The van der Waals surface area contributed by atoms with E-state index in [4.69, 9.17) is 0 Å². The van der Waals surface area contributed by atoms with E-state index in [9.17, 15) is 0 Å². The zero-order chi connectivity index (χ0) is 19.2. The van der Waals surface area contributed by atoms with Crippen LogP contribution in [0, 0.1) is 0 Å². The third-order valence-corrected chi connectivity index (χ3v) is 6.56. The summed E-state index contributed by atoms with van der Waals surface area (Å²) in [7, 11) is 0. The maximum atomic E-state index is 4.14. The molecule has 0 spiro atoms. The van der Waals surface area contributed by atoms with E-state index < -0.39 is 0 Å². The minimum Gasteiger partial charge on any atom is -0.265 e. The van der Waals surface area contributed by atoms with Gasteiger partial charge < -0.3 is 0 Å². The lowest BCUT2D eigenvalue weighted by Gasteiger charge is -2.42. The molecule has 0 amide bonds. The van der Waals surface area contributed by atoms with Crippen LogP contribution < -0.4 is 0 Å². The normalized spacial score (nSPS) is 17.4. The fourth-order valence-electron chi connectivity index (χ4n) is 4.24. The highest BCUT2D eigenvalue weighted by molar-refractivity contribution is 9.10. The molecule has 0 N–H and O–H groups in total. The van der Waals surface area contributed by atoms with Crippen LogP contribution >= 0.6 is 15.9 Å². The number of halogens is 1. The van der Waals surface area contributed by atoms with Crippen molar-refractivity contribution >= 4 is 15.9 Å². The van der Waals surface area contributed by atoms with Crippen molar-refractivity contribution in [3.63, 3.8) is 0 Å². The Morgan fingerprint density at radius 3 is 1.93 bits per heavy atom. The lowest BCUT2D eigenvalue weighted by Crippen LogP contribution is -2.33. The van der Waals surface area contributed by atoms with Crippen molar-refractivity contribution in [3.05, 3.63) is 76.5 Å². The molecule has 2 heteroatoms. The number of hydrogen-bond acceptors (Lipinski definition) is 1. The third kappa shape index (κ3) is 3.48. The second kappa shape index (κ2) is 6.60. The van der Waals surface area contributed by atoms with Crippen molar-refractivity contribution in [1.82, 2.24) is 4.98 Å². The first-order valence-corrected chi connectivity index (χ1v) is 10.4. The van der Waals surface area contributed by atoms with Crippen molar-refractivity contribution in [2.45, 2.75) is 51.4 Å². The molecule has 1 heterocycles. The van der Waals surface area contributed by atoms with Crippen LogP contribution in [0.4, 0.5) is 0 Å². The second-order valence-corrected chi connectivity index (χ2v) is 9.91. The van der Waals surface area contributed by atoms with Crippen LogP contribution in [0.2, 0.25) is 0 Å². The van der Waals surface area contributed by atoms with Crippen molar-refractivity contribution in [3.8, 4) is 22.3 Å². The highest BCUT2D eigenvalue weighted by atomic mass is 79.9. The molecule has 4 rings (SSSR count). The first-order chi connectivity index (χ1) is 12.8. The third-order valence-electron chi connectivity index (χ3n) is 6.10. The molecular formula is C25H26BrN. The lowest BCUT2D eigenvalue weighted by molar-refractivity contribution is 0.332.